The maximum atomic E-state index is 12.5. The van der Waals surface area contributed by atoms with Crippen molar-refractivity contribution in [1.82, 2.24) is 4.90 Å². The molecule has 31 heavy (non-hydrogen) atoms. The number of carbonyl (C=O) groups excluding carboxylic acids is 2. The fourth-order valence-corrected chi connectivity index (χ4v) is 3.58. The number of nitrogens with zero attached hydrogens (tertiary/aromatic N) is 2. The molecule has 1 fully saturated rings. The highest BCUT2D eigenvalue weighted by atomic mass is 16.5. The summed E-state index contributed by atoms with van der Waals surface area (Å²) in [5, 5.41) is 0. The number of amides is 1. The lowest BCUT2D eigenvalue weighted by atomic mass is 10.1. The molecule has 0 aliphatic carbocycles. The second-order valence-corrected chi connectivity index (χ2v) is 8.22. The fourth-order valence-electron chi connectivity index (χ4n) is 3.58. The van der Waals surface area contributed by atoms with Crippen molar-refractivity contribution in [3.05, 3.63) is 64.7 Å². The molecule has 0 radical (unpaired) electrons. The van der Waals surface area contributed by atoms with Gasteiger partial charge in [-0.25, -0.2) is 4.79 Å². The van der Waals surface area contributed by atoms with Crippen LogP contribution in [0.2, 0.25) is 0 Å². The predicted molar refractivity (Wildman–Crippen MR) is 121 cm³/mol. The molecule has 2 aromatic carbocycles. The molecular formula is C25H32N2O4. The molecule has 3 rings (SSSR count). The molecule has 1 amide bonds. The van der Waals surface area contributed by atoms with E-state index in [9.17, 15) is 9.59 Å². The summed E-state index contributed by atoms with van der Waals surface area (Å²) in [5.74, 6) is -0.644. The number of esters is 1. The number of benzene rings is 2. The molecule has 166 valence electrons. The number of hydrogen-bond donors (Lipinski definition) is 0. The van der Waals surface area contributed by atoms with E-state index < -0.39 is 5.97 Å². The van der Waals surface area contributed by atoms with E-state index in [2.05, 4.69) is 36.9 Å². The number of piperazine rings is 1. The van der Waals surface area contributed by atoms with Crippen molar-refractivity contribution < 1.29 is 19.1 Å². The average Bonchev–Trinajstić information content (AvgIpc) is 2.78. The number of carbonyl (C=O) groups is 2. The number of hydrogen-bond acceptors (Lipinski definition) is 5. The number of ether oxygens (including phenoxy) is 2. The van der Waals surface area contributed by atoms with Crippen molar-refractivity contribution in [3.63, 3.8) is 0 Å². The standard InChI is InChI=1S/C25H32N2O4/c1-18(2)30-16-21-8-10-22(11-9-21)25(29)31-17-24(28)27-14-12-26(13-15-27)23-7-5-6-19(3)20(23)4/h5-11,18H,12-17H2,1-4H3. The third-order valence-electron chi connectivity index (χ3n) is 5.65. The summed E-state index contributed by atoms with van der Waals surface area (Å²) in [7, 11) is 0. The molecule has 1 aliphatic heterocycles. The van der Waals surface area contributed by atoms with Crippen LogP contribution in [0.25, 0.3) is 0 Å². The first kappa shape index (κ1) is 22.8. The van der Waals surface area contributed by atoms with Crippen LogP contribution >= 0.6 is 0 Å². The molecule has 2 aromatic rings. The molecule has 0 spiro atoms. The normalized spacial score (nSPS) is 14.1. The van der Waals surface area contributed by atoms with Crippen LogP contribution in [0.5, 0.6) is 0 Å². The molecule has 0 bridgehead atoms. The SMILES string of the molecule is Cc1cccc(N2CCN(C(=O)COC(=O)c3ccc(COC(C)C)cc3)CC2)c1C. The Hall–Kier alpha value is -2.86. The Morgan fingerprint density at radius 3 is 2.29 bits per heavy atom. The van der Waals surface area contributed by atoms with Gasteiger partial charge in [0.05, 0.1) is 18.3 Å². The van der Waals surface area contributed by atoms with Crippen LogP contribution in [-0.4, -0.2) is 55.7 Å². The molecule has 1 heterocycles. The minimum atomic E-state index is -0.487. The van der Waals surface area contributed by atoms with Crippen molar-refractivity contribution in [2.24, 2.45) is 0 Å². The summed E-state index contributed by atoms with van der Waals surface area (Å²) >= 11 is 0. The fraction of sp³-hybridized carbons (Fsp3) is 0.440. The van der Waals surface area contributed by atoms with Crippen LogP contribution in [-0.2, 0) is 20.9 Å². The van der Waals surface area contributed by atoms with Gasteiger partial charge in [0.25, 0.3) is 5.91 Å². The van der Waals surface area contributed by atoms with Gasteiger partial charge in [0.2, 0.25) is 0 Å². The van der Waals surface area contributed by atoms with Crippen molar-refractivity contribution >= 4 is 17.6 Å². The van der Waals surface area contributed by atoms with Crippen LogP contribution in [0.1, 0.15) is 40.9 Å². The third-order valence-corrected chi connectivity index (χ3v) is 5.65. The second-order valence-electron chi connectivity index (χ2n) is 8.22. The summed E-state index contributed by atoms with van der Waals surface area (Å²) in [6.45, 7) is 11.2. The summed E-state index contributed by atoms with van der Waals surface area (Å²) < 4.78 is 10.8. The Labute approximate surface area is 184 Å². The second kappa shape index (κ2) is 10.4. The first-order chi connectivity index (χ1) is 14.8. The average molecular weight is 425 g/mol. The molecule has 1 saturated heterocycles. The van der Waals surface area contributed by atoms with Crippen molar-refractivity contribution in [2.75, 3.05) is 37.7 Å². The van der Waals surface area contributed by atoms with Gasteiger partial charge in [-0.15, -0.1) is 0 Å². The zero-order chi connectivity index (χ0) is 22.4. The van der Waals surface area contributed by atoms with Crippen LogP contribution in [0.4, 0.5) is 5.69 Å². The van der Waals surface area contributed by atoms with E-state index >= 15 is 0 Å². The molecule has 0 N–H and O–H groups in total. The monoisotopic (exact) mass is 424 g/mol. The van der Waals surface area contributed by atoms with Gasteiger partial charge in [-0.05, 0) is 62.6 Å². The van der Waals surface area contributed by atoms with Gasteiger partial charge < -0.3 is 19.3 Å². The van der Waals surface area contributed by atoms with E-state index in [-0.39, 0.29) is 18.6 Å². The maximum Gasteiger partial charge on any atom is 0.338 e. The van der Waals surface area contributed by atoms with Crippen LogP contribution in [0.3, 0.4) is 0 Å². The van der Waals surface area contributed by atoms with Gasteiger partial charge >= 0.3 is 5.97 Å². The highest BCUT2D eigenvalue weighted by Crippen LogP contribution is 2.23. The van der Waals surface area contributed by atoms with E-state index in [1.807, 2.05) is 26.0 Å². The van der Waals surface area contributed by atoms with E-state index in [4.69, 9.17) is 9.47 Å². The molecule has 6 nitrogen and oxygen atoms in total. The molecule has 0 unspecified atom stereocenters. The van der Waals surface area contributed by atoms with E-state index in [1.165, 1.54) is 16.8 Å². The number of rotatable bonds is 7. The predicted octanol–water partition coefficient (Wildman–Crippen LogP) is 3.73. The Morgan fingerprint density at radius 2 is 1.65 bits per heavy atom. The Balaban J connectivity index is 1.46. The Morgan fingerprint density at radius 1 is 0.968 bits per heavy atom. The maximum absolute atomic E-state index is 12.5. The summed E-state index contributed by atoms with van der Waals surface area (Å²) in [6.07, 6.45) is 0.151. The van der Waals surface area contributed by atoms with Crippen LogP contribution < -0.4 is 4.90 Å². The highest BCUT2D eigenvalue weighted by molar-refractivity contribution is 5.91. The zero-order valence-corrected chi connectivity index (χ0v) is 18.9. The van der Waals surface area contributed by atoms with Gasteiger partial charge in [-0.2, -0.15) is 0 Å². The quantitative estimate of drug-likeness (QED) is 0.634. The van der Waals surface area contributed by atoms with E-state index in [0.717, 1.165) is 18.7 Å². The first-order valence-corrected chi connectivity index (χ1v) is 10.8. The Kier molecular flexibility index (Phi) is 7.69. The van der Waals surface area contributed by atoms with Crippen molar-refractivity contribution in [3.8, 4) is 0 Å². The molecule has 0 atom stereocenters. The zero-order valence-electron chi connectivity index (χ0n) is 18.9. The number of anilines is 1. The Bertz CT molecular complexity index is 900. The molecule has 0 saturated carbocycles. The van der Waals surface area contributed by atoms with Gasteiger partial charge in [0, 0.05) is 31.9 Å². The largest absolute Gasteiger partial charge is 0.452 e. The topological polar surface area (TPSA) is 59.1 Å². The van der Waals surface area contributed by atoms with E-state index in [1.54, 1.807) is 17.0 Å². The van der Waals surface area contributed by atoms with E-state index in [0.29, 0.717) is 25.3 Å². The first-order valence-electron chi connectivity index (χ1n) is 10.8. The van der Waals surface area contributed by atoms with Crippen LogP contribution in [0.15, 0.2) is 42.5 Å². The highest BCUT2D eigenvalue weighted by Gasteiger charge is 2.23. The van der Waals surface area contributed by atoms with Crippen LogP contribution in [0, 0.1) is 13.8 Å². The number of aryl methyl sites for hydroxylation is 1. The molecule has 0 aromatic heterocycles. The van der Waals surface area contributed by atoms with Crippen molar-refractivity contribution in [2.45, 2.75) is 40.4 Å². The smallest absolute Gasteiger partial charge is 0.338 e. The molecule has 6 heteroatoms. The lowest BCUT2D eigenvalue weighted by molar-refractivity contribution is -0.134. The third kappa shape index (κ3) is 6.07. The molecular weight excluding hydrogens is 392 g/mol. The lowest BCUT2D eigenvalue weighted by Gasteiger charge is -2.37. The minimum absolute atomic E-state index is 0.151. The minimum Gasteiger partial charge on any atom is -0.452 e. The summed E-state index contributed by atoms with van der Waals surface area (Å²) in [5.41, 5.74) is 5.19. The van der Waals surface area contributed by atoms with Crippen molar-refractivity contribution in [1.29, 1.82) is 0 Å². The lowest BCUT2D eigenvalue weighted by Crippen LogP contribution is -2.50. The summed E-state index contributed by atoms with van der Waals surface area (Å²) in [4.78, 5) is 28.9. The molecule has 1 aliphatic rings. The van der Waals surface area contributed by atoms with Gasteiger partial charge in [0.1, 0.15) is 0 Å². The van der Waals surface area contributed by atoms with Gasteiger partial charge in [-0.1, -0.05) is 24.3 Å². The van der Waals surface area contributed by atoms with Gasteiger partial charge in [-0.3, -0.25) is 4.79 Å². The van der Waals surface area contributed by atoms with Gasteiger partial charge in [0.15, 0.2) is 6.61 Å². The summed E-state index contributed by atoms with van der Waals surface area (Å²) in [6, 6.07) is 13.4.